The number of benzene rings is 1. The molecule has 1 atom stereocenters. The third-order valence-electron chi connectivity index (χ3n) is 4.93. The molecule has 0 aliphatic carbocycles. The lowest BCUT2D eigenvalue weighted by molar-refractivity contribution is -0.127. The Labute approximate surface area is 200 Å². The van der Waals surface area contributed by atoms with E-state index in [2.05, 4.69) is 5.10 Å². The summed E-state index contributed by atoms with van der Waals surface area (Å²) in [5.74, 6) is 0.404. The predicted octanol–water partition coefficient (Wildman–Crippen LogP) is 4.15. The van der Waals surface area contributed by atoms with Gasteiger partial charge in [-0.3, -0.25) is 4.79 Å². The minimum atomic E-state index is -1.03. The van der Waals surface area contributed by atoms with E-state index in [4.69, 9.17) is 22.1 Å². The number of halogens is 1. The quantitative estimate of drug-likeness (QED) is 0.578. The standard InChI is InChI=1S/C20H27N3O4.C4H8ClN/c1-7-13(2)17-21-22(12-16(24)20(3,4)5)19(26)23(17)15-10-8-14(9-11-15)18(25)27-6;1-2-4(5)3-6/h7-11,18,25H,12H2,1-6H3;3H,2,6H2,1H3/b13-7+;4-3+. The van der Waals surface area contributed by atoms with Crippen molar-refractivity contribution in [2.45, 2.75) is 60.8 Å². The SMILES string of the molecule is C/C=C(\C)c1nn(CC(=O)C(C)(C)C)c(=O)n1-c1ccc(C(O)OC)cc1.CC/C(Cl)=C\N. The molecule has 0 bridgehead atoms. The van der Waals surface area contributed by atoms with E-state index in [9.17, 15) is 14.7 Å². The number of methoxy groups -OCH3 is 1. The van der Waals surface area contributed by atoms with Crippen LogP contribution >= 0.6 is 11.6 Å². The molecule has 1 heterocycles. The summed E-state index contributed by atoms with van der Waals surface area (Å²) in [4.78, 5) is 25.3. The molecule has 8 nitrogen and oxygen atoms in total. The lowest BCUT2D eigenvalue weighted by Gasteiger charge is -2.15. The fourth-order valence-corrected chi connectivity index (χ4v) is 2.54. The number of aliphatic hydroxyl groups is 1. The van der Waals surface area contributed by atoms with Crippen LogP contribution in [-0.4, -0.2) is 32.3 Å². The first-order valence-electron chi connectivity index (χ1n) is 10.6. The number of Topliss-reactive ketones (excluding diaryl/α,β-unsaturated/α-hetero) is 1. The lowest BCUT2D eigenvalue weighted by Crippen LogP contribution is -2.32. The van der Waals surface area contributed by atoms with Crippen molar-refractivity contribution < 1.29 is 14.6 Å². The molecule has 1 aromatic heterocycles. The van der Waals surface area contributed by atoms with Gasteiger partial charge < -0.3 is 15.6 Å². The highest BCUT2D eigenvalue weighted by molar-refractivity contribution is 6.29. The zero-order valence-corrected chi connectivity index (χ0v) is 21.2. The van der Waals surface area contributed by atoms with Gasteiger partial charge in [-0.2, -0.15) is 0 Å². The van der Waals surface area contributed by atoms with Crippen molar-refractivity contribution in [1.82, 2.24) is 14.3 Å². The summed E-state index contributed by atoms with van der Waals surface area (Å²) >= 11 is 5.39. The minimum Gasteiger partial charge on any atom is -0.404 e. The highest BCUT2D eigenvalue weighted by atomic mass is 35.5. The Morgan fingerprint density at radius 2 is 1.88 bits per heavy atom. The number of ether oxygens (including phenoxy) is 1. The van der Waals surface area contributed by atoms with Crippen LogP contribution in [0.5, 0.6) is 0 Å². The topological polar surface area (TPSA) is 112 Å². The van der Waals surface area contributed by atoms with Crippen LogP contribution in [0.15, 0.2) is 46.4 Å². The van der Waals surface area contributed by atoms with Crippen LogP contribution in [0, 0.1) is 5.41 Å². The van der Waals surface area contributed by atoms with Crippen LogP contribution in [0.3, 0.4) is 0 Å². The van der Waals surface area contributed by atoms with Gasteiger partial charge in [0.05, 0.1) is 5.69 Å². The number of carbonyl (C=O) groups is 1. The van der Waals surface area contributed by atoms with E-state index >= 15 is 0 Å². The van der Waals surface area contributed by atoms with E-state index < -0.39 is 11.7 Å². The first kappa shape index (κ1) is 28.4. The number of nitrogens with zero attached hydrogens (tertiary/aromatic N) is 3. The summed E-state index contributed by atoms with van der Waals surface area (Å²) < 4.78 is 7.56. The van der Waals surface area contributed by atoms with Crippen molar-refractivity contribution in [3.8, 4) is 5.69 Å². The molecule has 33 heavy (non-hydrogen) atoms. The maximum atomic E-state index is 13.0. The highest BCUT2D eigenvalue weighted by Gasteiger charge is 2.24. The van der Waals surface area contributed by atoms with E-state index in [0.29, 0.717) is 17.1 Å². The van der Waals surface area contributed by atoms with Crippen molar-refractivity contribution in [3.05, 3.63) is 63.4 Å². The van der Waals surface area contributed by atoms with Crippen LogP contribution < -0.4 is 11.4 Å². The number of carbonyl (C=O) groups excluding carboxylic acids is 1. The number of nitrogens with two attached hydrogens (primary N) is 1. The molecule has 0 amide bonds. The summed E-state index contributed by atoms with van der Waals surface area (Å²) in [6.45, 7) is 11.0. The van der Waals surface area contributed by atoms with E-state index in [1.54, 1.807) is 24.3 Å². The molecule has 0 aliphatic rings. The van der Waals surface area contributed by atoms with Gasteiger partial charge in [0.25, 0.3) is 0 Å². The van der Waals surface area contributed by atoms with Gasteiger partial charge in [0.1, 0.15) is 6.54 Å². The smallest absolute Gasteiger partial charge is 0.351 e. The van der Waals surface area contributed by atoms with Crippen molar-refractivity contribution in [2.24, 2.45) is 11.1 Å². The lowest BCUT2D eigenvalue weighted by atomic mass is 9.91. The minimum absolute atomic E-state index is 0.0718. The molecule has 1 unspecified atom stereocenters. The van der Waals surface area contributed by atoms with Gasteiger partial charge in [0.15, 0.2) is 17.9 Å². The zero-order valence-electron chi connectivity index (χ0n) is 20.4. The molecule has 0 spiro atoms. The number of hydrogen-bond donors (Lipinski definition) is 2. The van der Waals surface area contributed by atoms with E-state index in [1.807, 2.05) is 47.6 Å². The van der Waals surface area contributed by atoms with Crippen LogP contribution in [0.4, 0.5) is 0 Å². The average Bonchev–Trinajstić information content (AvgIpc) is 3.13. The summed E-state index contributed by atoms with van der Waals surface area (Å²) in [7, 11) is 1.41. The Morgan fingerprint density at radius 3 is 2.27 bits per heavy atom. The second-order valence-corrected chi connectivity index (χ2v) is 8.88. The Kier molecular flexibility index (Phi) is 10.8. The number of aliphatic hydroxyl groups excluding tert-OH is 1. The molecule has 0 radical (unpaired) electrons. The van der Waals surface area contributed by atoms with Crippen molar-refractivity contribution in [2.75, 3.05) is 7.11 Å². The summed E-state index contributed by atoms with van der Waals surface area (Å²) in [6.07, 6.45) is 3.07. The number of hydrogen-bond acceptors (Lipinski definition) is 6. The number of rotatable bonds is 7. The second kappa shape index (κ2) is 12.5. The number of allylic oxidation sites excluding steroid dienone is 3. The van der Waals surface area contributed by atoms with Crippen LogP contribution in [0.1, 0.15) is 65.6 Å². The monoisotopic (exact) mass is 478 g/mol. The normalized spacial score (nSPS) is 13.4. The molecule has 0 saturated heterocycles. The van der Waals surface area contributed by atoms with Crippen molar-refractivity contribution in [3.63, 3.8) is 0 Å². The van der Waals surface area contributed by atoms with Crippen molar-refractivity contribution in [1.29, 1.82) is 0 Å². The highest BCUT2D eigenvalue weighted by Crippen LogP contribution is 2.20. The van der Waals surface area contributed by atoms with Gasteiger partial charge in [0.2, 0.25) is 0 Å². The molecule has 182 valence electrons. The van der Waals surface area contributed by atoms with Gasteiger partial charge in [0, 0.05) is 29.3 Å². The molecule has 9 heteroatoms. The molecule has 0 saturated carbocycles. The van der Waals surface area contributed by atoms with Crippen molar-refractivity contribution >= 4 is 23.0 Å². The molecule has 1 aromatic carbocycles. The molecular formula is C24H35ClN4O4. The number of aromatic nitrogens is 3. The van der Waals surface area contributed by atoms with Gasteiger partial charge in [-0.15, -0.1) is 5.10 Å². The third kappa shape index (κ3) is 7.70. The van der Waals surface area contributed by atoms with Gasteiger partial charge in [-0.05, 0) is 38.0 Å². The van der Waals surface area contributed by atoms with E-state index in [1.165, 1.54) is 22.6 Å². The maximum absolute atomic E-state index is 13.0. The average molecular weight is 479 g/mol. The summed E-state index contributed by atoms with van der Waals surface area (Å²) in [6, 6.07) is 6.79. The molecular weight excluding hydrogens is 444 g/mol. The van der Waals surface area contributed by atoms with E-state index in [0.717, 1.165) is 17.0 Å². The Bertz CT molecular complexity index is 1040. The first-order valence-corrected chi connectivity index (χ1v) is 11.0. The predicted molar refractivity (Wildman–Crippen MR) is 132 cm³/mol. The van der Waals surface area contributed by atoms with Crippen LogP contribution in [0.25, 0.3) is 11.3 Å². The number of ketones is 1. The van der Waals surface area contributed by atoms with Gasteiger partial charge in [-0.25, -0.2) is 14.0 Å². The van der Waals surface area contributed by atoms with E-state index in [-0.39, 0.29) is 18.0 Å². The Morgan fingerprint density at radius 1 is 1.30 bits per heavy atom. The molecule has 3 N–H and O–H groups in total. The van der Waals surface area contributed by atoms with Crippen LogP contribution in [-0.2, 0) is 16.1 Å². The molecule has 2 aromatic rings. The molecule has 0 fully saturated rings. The van der Waals surface area contributed by atoms with Gasteiger partial charge >= 0.3 is 5.69 Å². The Balaban J connectivity index is 0.000000801. The van der Waals surface area contributed by atoms with Gasteiger partial charge in [-0.1, -0.05) is 57.5 Å². The fourth-order valence-electron chi connectivity index (χ4n) is 2.54. The largest absolute Gasteiger partial charge is 0.404 e. The Hall–Kier alpha value is -2.68. The second-order valence-electron chi connectivity index (χ2n) is 8.39. The molecule has 0 aliphatic heterocycles. The fraction of sp³-hybridized carbons (Fsp3) is 0.458. The zero-order chi connectivity index (χ0) is 25.3. The van der Waals surface area contributed by atoms with Crippen LogP contribution in [0.2, 0.25) is 0 Å². The summed E-state index contributed by atoms with van der Waals surface area (Å²) in [5.41, 5.74) is 6.03. The molecule has 2 rings (SSSR count). The first-order chi connectivity index (χ1) is 15.4. The maximum Gasteiger partial charge on any atom is 0.351 e. The summed E-state index contributed by atoms with van der Waals surface area (Å²) in [5, 5.41) is 14.9. The third-order valence-corrected chi connectivity index (χ3v) is 5.33.